The summed E-state index contributed by atoms with van der Waals surface area (Å²) >= 11 is 0. The maximum absolute atomic E-state index is 12.5. The lowest BCUT2D eigenvalue weighted by atomic mass is 10.0. The van der Waals surface area contributed by atoms with Crippen LogP contribution in [-0.4, -0.2) is 30.0 Å². The van der Waals surface area contributed by atoms with Gasteiger partial charge in [0.2, 0.25) is 0 Å². The monoisotopic (exact) mass is 340 g/mol. The van der Waals surface area contributed by atoms with Gasteiger partial charge in [-0.15, -0.1) is 0 Å². The first kappa shape index (κ1) is 17.1. The average Bonchev–Trinajstić information content (AvgIpc) is 3.09. The van der Waals surface area contributed by atoms with Gasteiger partial charge in [0.1, 0.15) is 5.69 Å². The van der Waals surface area contributed by atoms with Gasteiger partial charge in [-0.25, -0.2) is 0 Å². The Hall–Kier alpha value is -2.73. The molecule has 1 aliphatic rings. The molecule has 130 valence electrons. The van der Waals surface area contributed by atoms with E-state index in [4.69, 9.17) is 4.74 Å². The number of carbonyl (C=O) groups is 1. The van der Waals surface area contributed by atoms with Crippen LogP contribution in [0.3, 0.4) is 0 Å². The summed E-state index contributed by atoms with van der Waals surface area (Å²) in [4.78, 5) is 23.5. The first-order chi connectivity index (χ1) is 12.1. The van der Waals surface area contributed by atoms with E-state index in [0.29, 0.717) is 16.8 Å². The van der Waals surface area contributed by atoms with Crippen LogP contribution in [0.4, 0.5) is 11.4 Å². The second-order valence-corrected chi connectivity index (χ2v) is 6.20. The molecule has 0 bridgehead atoms. The van der Waals surface area contributed by atoms with Gasteiger partial charge in [0.15, 0.2) is 5.78 Å². The quantitative estimate of drug-likeness (QED) is 0.491. The highest BCUT2D eigenvalue weighted by atomic mass is 16.6. The molecule has 2 aromatic carbocycles. The van der Waals surface area contributed by atoms with E-state index in [2.05, 4.69) is 5.32 Å². The molecule has 2 aromatic rings. The number of nitro benzene ring substituents is 1. The molecule has 0 heterocycles. The van der Waals surface area contributed by atoms with Crippen molar-refractivity contribution in [1.29, 1.82) is 0 Å². The second kappa shape index (κ2) is 7.44. The molecule has 1 fully saturated rings. The minimum absolute atomic E-state index is 0.0809. The van der Waals surface area contributed by atoms with Gasteiger partial charge in [0, 0.05) is 30.3 Å². The fourth-order valence-corrected chi connectivity index (χ4v) is 3.21. The fourth-order valence-electron chi connectivity index (χ4n) is 3.21. The van der Waals surface area contributed by atoms with Crippen molar-refractivity contribution in [3.05, 3.63) is 69.8 Å². The molecule has 0 spiro atoms. The number of ketones is 1. The maximum atomic E-state index is 12.5. The minimum atomic E-state index is -0.452. The third-order valence-corrected chi connectivity index (χ3v) is 4.57. The van der Waals surface area contributed by atoms with Crippen molar-refractivity contribution < 1.29 is 14.5 Å². The number of hydrogen-bond donors (Lipinski definition) is 1. The van der Waals surface area contributed by atoms with Crippen molar-refractivity contribution in [3.8, 4) is 0 Å². The van der Waals surface area contributed by atoms with Crippen molar-refractivity contribution in [2.75, 3.05) is 12.4 Å². The SMILES string of the molecule is COC1CCC(Nc2ccc(C(=O)c3ccccc3)cc2[N+](=O)[O-])C1. The summed E-state index contributed by atoms with van der Waals surface area (Å²) < 4.78 is 5.34. The van der Waals surface area contributed by atoms with Crippen LogP contribution in [0, 0.1) is 10.1 Å². The van der Waals surface area contributed by atoms with Gasteiger partial charge >= 0.3 is 0 Å². The van der Waals surface area contributed by atoms with Gasteiger partial charge in [0.05, 0.1) is 11.0 Å². The number of nitrogens with zero attached hydrogens (tertiary/aromatic N) is 1. The summed E-state index contributed by atoms with van der Waals surface area (Å²) in [6.07, 6.45) is 2.85. The van der Waals surface area contributed by atoms with Crippen LogP contribution >= 0.6 is 0 Å². The Morgan fingerprint density at radius 2 is 1.92 bits per heavy atom. The van der Waals surface area contributed by atoms with E-state index in [-0.39, 0.29) is 23.6 Å². The molecular weight excluding hydrogens is 320 g/mol. The number of nitro groups is 1. The zero-order valence-electron chi connectivity index (χ0n) is 14.0. The van der Waals surface area contributed by atoms with E-state index >= 15 is 0 Å². The van der Waals surface area contributed by atoms with E-state index in [0.717, 1.165) is 19.3 Å². The molecule has 0 amide bonds. The summed E-state index contributed by atoms with van der Waals surface area (Å²) in [6, 6.07) is 13.5. The Kier molecular flexibility index (Phi) is 5.09. The molecule has 0 saturated heterocycles. The number of carbonyl (C=O) groups excluding carboxylic acids is 1. The first-order valence-corrected chi connectivity index (χ1v) is 8.26. The molecule has 2 atom stereocenters. The normalized spacial score (nSPS) is 19.6. The second-order valence-electron chi connectivity index (χ2n) is 6.20. The first-order valence-electron chi connectivity index (χ1n) is 8.26. The standard InChI is InChI=1S/C19H20N2O4/c1-25-16-9-8-15(12-16)20-17-10-7-14(11-18(17)21(23)24)19(22)13-5-3-2-4-6-13/h2-7,10-11,15-16,20H,8-9,12H2,1H3. The number of anilines is 1. The van der Waals surface area contributed by atoms with E-state index < -0.39 is 4.92 Å². The predicted octanol–water partition coefficient (Wildman–Crippen LogP) is 3.81. The van der Waals surface area contributed by atoms with Crippen LogP contribution in [0.2, 0.25) is 0 Å². The number of ether oxygens (including phenoxy) is 1. The molecule has 1 saturated carbocycles. The van der Waals surface area contributed by atoms with Crippen LogP contribution < -0.4 is 5.32 Å². The van der Waals surface area contributed by atoms with Gasteiger partial charge in [-0.1, -0.05) is 30.3 Å². The van der Waals surface area contributed by atoms with Crippen molar-refractivity contribution in [1.82, 2.24) is 0 Å². The van der Waals surface area contributed by atoms with E-state index in [1.165, 1.54) is 6.07 Å². The molecule has 1 N–H and O–H groups in total. The molecule has 0 aromatic heterocycles. The summed E-state index contributed by atoms with van der Waals surface area (Å²) in [5.74, 6) is -0.226. The van der Waals surface area contributed by atoms with E-state index in [1.54, 1.807) is 43.5 Å². The lowest BCUT2D eigenvalue weighted by Gasteiger charge is -2.15. The number of rotatable bonds is 6. The minimum Gasteiger partial charge on any atom is -0.381 e. The number of benzene rings is 2. The highest BCUT2D eigenvalue weighted by Gasteiger charge is 2.27. The topological polar surface area (TPSA) is 81.5 Å². The van der Waals surface area contributed by atoms with Crippen LogP contribution in [0.1, 0.15) is 35.2 Å². The molecule has 6 heteroatoms. The van der Waals surface area contributed by atoms with Crippen molar-refractivity contribution in [2.24, 2.45) is 0 Å². The van der Waals surface area contributed by atoms with E-state index in [9.17, 15) is 14.9 Å². The highest BCUT2D eigenvalue weighted by Crippen LogP contribution is 2.31. The third kappa shape index (κ3) is 3.85. The fraction of sp³-hybridized carbons (Fsp3) is 0.316. The molecule has 25 heavy (non-hydrogen) atoms. The Morgan fingerprint density at radius 1 is 1.16 bits per heavy atom. The Balaban J connectivity index is 1.84. The zero-order chi connectivity index (χ0) is 17.8. The lowest BCUT2D eigenvalue weighted by Crippen LogP contribution is -2.18. The van der Waals surface area contributed by atoms with Crippen LogP contribution in [0.25, 0.3) is 0 Å². The van der Waals surface area contributed by atoms with Crippen molar-refractivity contribution in [2.45, 2.75) is 31.4 Å². The number of methoxy groups -OCH3 is 1. The average molecular weight is 340 g/mol. The molecule has 1 aliphatic carbocycles. The summed E-state index contributed by atoms with van der Waals surface area (Å²) in [7, 11) is 1.68. The Bertz CT molecular complexity index is 776. The summed E-state index contributed by atoms with van der Waals surface area (Å²) in [5.41, 5.74) is 1.18. The smallest absolute Gasteiger partial charge is 0.293 e. The molecule has 0 aliphatic heterocycles. The zero-order valence-corrected chi connectivity index (χ0v) is 14.0. The maximum Gasteiger partial charge on any atom is 0.293 e. The van der Waals surface area contributed by atoms with Gasteiger partial charge in [-0.05, 0) is 31.4 Å². The molecule has 6 nitrogen and oxygen atoms in total. The van der Waals surface area contributed by atoms with Gasteiger partial charge in [-0.3, -0.25) is 14.9 Å². The summed E-state index contributed by atoms with van der Waals surface area (Å²) in [5, 5.41) is 14.7. The highest BCUT2D eigenvalue weighted by molar-refractivity contribution is 6.09. The molecule has 3 rings (SSSR count). The van der Waals surface area contributed by atoms with Crippen molar-refractivity contribution >= 4 is 17.2 Å². The Labute approximate surface area is 146 Å². The summed E-state index contributed by atoms with van der Waals surface area (Å²) in [6.45, 7) is 0. The molecule has 0 radical (unpaired) electrons. The molecular formula is C19H20N2O4. The lowest BCUT2D eigenvalue weighted by molar-refractivity contribution is -0.384. The van der Waals surface area contributed by atoms with Crippen LogP contribution in [0.5, 0.6) is 0 Å². The third-order valence-electron chi connectivity index (χ3n) is 4.57. The van der Waals surface area contributed by atoms with E-state index in [1.807, 2.05) is 6.07 Å². The predicted molar refractivity (Wildman–Crippen MR) is 95.0 cm³/mol. The number of nitrogens with one attached hydrogen (secondary N) is 1. The van der Waals surface area contributed by atoms with Gasteiger partial charge in [-0.2, -0.15) is 0 Å². The van der Waals surface area contributed by atoms with Crippen molar-refractivity contribution in [3.63, 3.8) is 0 Å². The van der Waals surface area contributed by atoms with Crippen LogP contribution in [0.15, 0.2) is 48.5 Å². The Morgan fingerprint density at radius 3 is 2.56 bits per heavy atom. The number of hydrogen-bond acceptors (Lipinski definition) is 5. The van der Waals surface area contributed by atoms with Gasteiger partial charge < -0.3 is 10.1 Å². The van der Waals surface area contributed by atoms with Gasteiger partial charge in [0.25, 0.3) is 5.69 Å². The largest absolute Gasteiger partial charge is 0.381 e. The molecule has 2 unspecified atom stereocenters. The van der Waals surface area contributed by atoms with Crippen LogP contribution in [-0.2, 0) is 4.74 Å².